The van der Waals surface area contributed by atoms with Crippen molar-refractivity contribution in [2.24, 2.45) is 5.92 Å². The Kier molecular flexibility index (Phi) is 4.66. The van der Waals surface area contributed by atoms with E-state index in [0.717, 1.165) is 50.1 Å². The van der Waals surface area contributed by atoms with Gasteiger partial charge in [0.15, 0.2) is 0 Å². The molecule has 0 amide bonds. The second kappa shape index (κ2) is 6.67. The summed E-state index contributed by atoms with van der Waals surface area (Å²) in [5.41, 5.74) is 2.43. The fraction of sp³-hybridized carbons (Fsp3) is 0.647. The Morgan fingerprint density at radius 2 is 2.29 bits per heavy atom. The van der Waals surface area contributed by atoms with E-state index in [-0.39, 0.29) is 6.10 Å². The predicted octanol–water partition coefficient (Wildman–Crippen LogP) is 2.53. The number of methoxy groups -OCH3 is 1. The van der Waals surface area contributed by atoms with Gasteiger partial charge >= 0.3 is 0 Å². The summed E-state index contributed by atoms with van der Waals surface area (Å²) in [7, 11) is 1.74. The van der Waals surface area contributed by atoms with Gasteiger partial charge in [-0.05, 0) is 44.4 Å². The first kappa shape index (κ1) is 14.7. The van der Waals surface area contributed by atoms with Crippen LogP contribution in [0.2, 0.25) is 0 Å². The molecule has 21 heavy (non-hydrogen) atoms. The molecule has 0 radical (unpaired) electrons. The molecule has 2 unspecified atom stereocenters. The van der Waals surface area contributed by atoms with Crippen LogP contribution in [-0.4, -0.2) is 33.0 Å². The van der Waals surface area contributed by atoms with E-state index in [1.54, 1.807) is 7.11 Å². The van der Waals surface area contributed by atoms with Crippen LogP contribution < -0.4 is 14.8 Å². The number of rotatable bonds is 6. The highest BCUT2D eigenvalue weighted by Gasteiger charge is 2.21. The highest BCUT2D eigenvalue weighted by molar-refractivity contribution is 5.48. The Labute approximate surface area is 126 Å². The van der Waals surface area contributed by atoms with Crippen LogP contribution in [0, 0.1) is 5.92 Å². The molecule has 4 heteroatoms. The molecule has 1 saturated heterocycles. The lowest BCUT2D eigenvalue weighted by molar-refractivity contribution is 0.184. The van der Waals surface area contributed by atoms with Crippen molar-refractivity contribution in [2.75, 3.05) is 26.9 Å². The number of nitrogens with one attached hydrogen (secondary N) is 1. The second-order valence-electron chi connectivity index (χ2n) is 6.10. The first-order valence-electron chi connectivity index (χ1n) is 7.91. The fourth-order valence-electron chi connectivity index (χ4n) is 3.15. The van der Waals surface area contributed by atoms with Crippen molar-refractivity contribution in [2.45, 2.75) is 38.8 Å². The quantitative estimate of drug-likeness (QED) is 0.818. The van der Waals surface area contributed by atoms with Gasteiger partial charge in [-0.15, -0.1) is 0 Å². The minimum atomic E-state index is 0.273. The smallest absolute Gasteiger partial charge is 0.123 e. The number of hydrogen-bond donors (Lipinski definition) is 1. The highest BCUT2D eigenvalue weighted by Crippen LogP contribution is 2.34. The topological polar surface area (TPSA) is 39.7 Å². The molecule has 2 aliphatic heterocycles. The molecule has 2 heterocycles. The van der Waals surface area contributed by atoms with Gasteiger partial charge in [0.2, 0.25) is 0 Å². The molecular formula is C17H25NO3. The van der Waals surface area contributed by atoms with Crippen LogP contribution in [0.3, 0.4) is 0 Å². The molecule has 0 aliphatic carbocycles. The summed E-state index contributed by atoms with van der Waals surface area (Å²) in [6, 6.07) is 4.25. The van der Waals surface area contributed by atoms with Crippen molar-refractivity contribution in [1.29, 1.82) is 0 Å². The third kappa shape index (κ3) is 3.50. The van der Waals surface area contributed by atoms with Gasteiger partial charge in [-0.25, -0.2) is 0 Å². The number of ether oxygens (including phenoxy) is 3. The Hall–Kier alpha value is -1.26. The van der Waals surface area contributed by atoms with E-state index in [1.807, 2.05) is 0 Å². The Balaban J connectivity index is 1.55. The number of benzene rings is 1. The lowest BCUT2D eigenvalue weighted by atomic mass is 10.0. The third-order valence-electron chi connectivity index (χ3n) is 4.37. The van der Waals surface area contributed by atoms with Crippen LogP contribution in [0.5, 0.6) is 11.5 Å². The first-order valence-corrected chi connectivity index (χ1v) is 7.91. The van der Waals surface area contributed by atoms with Crippen molar-refractivity contribution in [3.8, 4) is 11.5 Å². The molecule has 0 saturated carbocycles. The molecule has 116 valence electrons. The van der Waals surface area contributed by atoms with E-state index >= 15 is 0 Å². The summed E-state index contributed by atoms with van der Waals surface area (Å²) >= 11 is 0. The molecule has 0 aromatic heterocycles. The van der Waals surface area contributed by atoms with E-state index in [0.29, 0.717) is 0 Å². The maximum Gasteiger partial charge on any atom is 0.123 e. The molecular weight excluding hydrogens is 266 g/mol. The van der Waals surface area contributed by atoms with Gasteiger partial charge < -0.3 is 19.5 Å². The summed E-state index contributed by atoms with van der Waals surface area (Å²) in [4.78, 5) is 0. The average molecular weight is 291 g/mol. The van der Waals surface area contributed by atoms with Crippen molar-refractivity contribution in [1.82, 2.24) is 5.32 Å². The van der Waals surface area contributed by atoms with E-state index in [2.05, 4.69) is 24.4 Å². The Morgan fingerprint density at radius 1 is 1.38 bits per heavy atom. The molecule has 2 aliphatic rings. The standard InChI is InChI=1S/C17H25NO3/c1-12-7-14-8-16(19-2)15(9-17(14)21-12)10-18-5-3-13-4-6-20-11-13/h8-9,12-13,18H,3-7,10-11H2,1-2H3. The van der Waals surface area contributed by atoms with Crippen LogP contribution in [0.25, 0.3) is 0 Å². The monoisotopic (exact) mass is 291 g/mol. The molecule has 1 N–H and O–H groups in total. The Bertz CT molecular complexity index is 483. The maximum atomic E-state index is 5.83. The lowest BCUT2D eigenvalue weighted by Crippen LogP contribution is -2.18. The molecule has 0 bridgehead atoms. The van der Waals surface area contributed by atoms with Gasteiger partial charge in [-0.2, -0.15) is 0 Å². The Morgan fingerprint density at radius 3 is 3.05 bits per heavy atom. The van der Waals surface area contributed by atoms with Crippen LogP contribution in [0.15, 0.2) is 12.1 Å². The summed E-state index contributed by atoms with van der Waals surface area (Å²) < 4.78 is 16.8. The van der Waals surface area contributed by atoms with Crippen LogP contribution in [0.4, 0.5) is 0 Å². The maximum absolute atomic E-state index is 5.83. The zero-order chi connectivity index (χ0) is 14.7. The zero-order valence-corrected chi connectivity index (χ0v) is 13.0. The average Bonchev–Trinajstić information content (AvgIpc) is 3.10. The normalized spacial score (nSPS) is 23.9. The number of fused-ring (bicyclic) bond motifs is 1. The third-order valence-corrected chi connectivity index (χ3v) is 4.37. The van der Waals surface area contributed by atoms with Crippen molar-refractivity contribution in [3.63, 3.8) is 0 Å². The fourth-order valence-corrected chi connectivity index (χ4v) is 3.15. The molecule has 2 atom stereocenters. The lowest BCUT2D eigenvalue weighted by Gasteiger charge is -2.13. The molecule has 3 rings (SSSR count). The van der Waals surface area contributed by atoms with Crippen molar-refractivity contribution < 1.29 is 14.2 Å². The highest BCUT2D eigenvalue weighted by atomic mass is 16.5. The van der Waals surface area contributed by atoms with E-state index in [9.17, 15) is 0 Å². The molecule has 0 spiro atoms. The largest absolute Gasteiger partial charge is 0.496 e. The van der Waals surface area contributed by atoms with E-state index in [1.165, 1.54) is 24.0 Å². The summed E-state index contributed by atoms with van der Waals surface area (Å²) in [5.74, 6) is 2.70. The van der Waals surface area contributed by atoms with Crippen molar-refractivity contribution >= 4 is 0 Å². The molecule has 4 nitrogen and oxygen atoms in total. The summed E-state index contributed by atoms with van der Waals surface area (Å²) in [6.45, 7) is 5.80. The minimum absolute atomic E-state index is 0.273. The van der Waals surface area contributed by atoms with Gasteiger partial charge in [0, 0.05) is 37.3 Å². The summed E-state index contributed by atoms with van der Waals surface area (Å²) in [6.07, 6.45) is 3.63. The van der Waals surface area contributed by atoms with Crippen LogP contribution in [0.1, 0.15) is 30.9 Å². The van der Waals surface area contributed by atoms with Gasteiger partial charge in [-0.3, -0.25) is 0 Å². The number of hydrogen-bond acceptors (Lipinski definition) is 4. The van der Waals surface area contributed by atoms with Gasteiger partial charge in [0.25, 0.3) is 0 Å². The zero-order valence-electron chi connectivity index (χ0n) is 13.0. The van der Waals surface area contributed by atoms with Gasteiger partial charge in [0.05, 0.1) is 7.11 Å². The summed E-state index contributed by atoms with van der Waals surface area (Å²) in [5, 5.41) is 3.51. The molecule has 1 aromatic carbocycles. The van der Waals surface area contributed by atoms with Crippen molar-refractivity contribution in [3.05, 3.63) is 23.3 Å². The second-order valence-corrected chi connectivity index (χ2v) is 6.10. The van der Waals surface area contributed by atoms with E-state index < -0.39 is 0 Å². The molecule has 1 aromatic rings. The minimum Gasteiger partial charge on any atom is -0.496 e. The van der Waals surface area contributed by atoms with Crippen LogP contribution >= 0.6 is 0 Å². The van der Waals surface area contributed by atoms with Gasteiger partial charge in [0.1, 0.15) is 17.6 Å². The van der Waals surface area contributed by atoms with Crippen LogP contribution in [-0.2, 0) is 17.7 Å². The van der Waals surface area contributed by atoms with E-state index in [4.69, 9.17) is 14.2 Å². The predicted molar refractivity (Wildman–Crippen MR) is 82.0 cm³/mol. The SMILES string of the molecule is COc1cc2c(cc1CNCCC1CCOC1)OC(C)C2. The van der Waals surface area contributed by atoms with Gasteiger partial charge in [-0.1, -0.05) is 0 Å². The molecule has 1 fully saturated rings. The first-order chi connectivity index (χ1) is 10.3.